The van der Waals surface area contributed by atoms with Crippen molar-refractivity contribution in [2.45, 2.75) is 4.90 Å². The number of rotatable bonds is 7. The number of hydrogen-bond acceptors (Lipinski definition) is 6. The number of piperazine rings is 1. The molecule has 0 spiro atoms. The Morgan fingerprint density at radius 1 is 1.03 bits per heavy atom. The van der Waals surface area contributed by atoms with Crippen LogP contribution in [-0.4, -0.2) is 70.0 Å². The van der Waals surface area contributed by atoms with Gasteiger partial charge in [0.15, 0.2) is 0 Å². The van der Waals surface area contributed by atoms with Crippen LogP contribution in [0.2, 0.25) is 10.0 Å². The van der Waals surface area contributed by atoms with E-state index >= 15 is 0 Å². The van der Waals surface area contributed by atoms with Gasteiger partial charge in [0, 0.05) is 32.7 Å². The van der Waals surface area contributed by atoms with Crippen molar-refractivity contribution in [2.24, 2.45) is 0 Å². The van der Waals surface area contributed by atoms with Gasteiger partial charge in [-0.25, -0.2) is 13.2 Å². The van der Waals surface area contributed by atoms with E-state index in [-0.39, 0.29) is 15.5 Å². The summed E-state index contributed by atoms with van der Waals surface area (Å²) in [5, 5.41) is 0.553. The van der Waals surface area contributed by atoms with E-state index in [1.807, 2.05) is 18.2 Å². The van der Waals surface area contributed by atoms with Gasteiger partial charge in [-0.3, -0.25) is 4.90 Å². The lowest BCUT2D eigenvalue weighted by molar-refractivity contribution is 0.0600. The number of hydrogen-bond donors (Lipinski definition) is 0. The maximum Gasteiger partial charge on any atom is 0.337 e. The van der Waals surface area contributed by atoms with Crippen molar-refractivity contribution in [3.05, 3.63) is 58.1 Å². The molecule has 162 valence electrons. The lowest BCUT2D eigenvalue weighted by atomic mass is 10.2. The summed E-state index contributed by atoms with van der Waals surface area (Å²) in [5.41, 5.74) is 0.199. The Hall–Kier alpha value is -1.84. The minimum absolute atomic E-state index is 0.00605. The number of nitrogens with zero attached hydrogens (tertiary/aromatic N) is 2. The van der Waals surface area contributed by atoms with Crippen LogP contribution in [0.15, 0.2) is 47.4 Å². The van der Waals surface area contributed by atoms with Crippen LogP contribution in [0.1, 0.15) is 10.4 Å². The molecule has 0 aliphatic carbocycles. The summed E-state index contributed by atoms with van der Waals surface area (Å²) in [6.45, 7) is 2.93. The number of carbonyl (C=O) groups is 1. The van der Waals surface area contributed by atoms with Gasteiger partial charge in [-0.15, -0.1) is 0 Å². The molecule has 0 unspecified atom stereocenters. The van der Waals surface area contributed by atoms with Gasteiger partial charge in [0.05, 0.1) is 22.7 Å². The Morgan fingerprint density at radius 2 is 1.73 bits per heavy atom. The topological polar surface area (TPSA) is 76.2 Å². The second-order valence-corrected chi connectivity index (χ2v) is 9.38. The molecule has 1 aliphatic rings. The van der Waals surface area contributed by atoms with Crippen LogP contribution in [0.3, 0.4) is 0 Å². The van der Waals surface area contributed by atoms with Crippen molar-refractivity contribution in [3.8, 4) is 5.75 Å². The Balaban J connectivity index is 1.56. The first kappa shape index (κ1) is 22.8. The molecule has 30 heavy (non-hydrogen) atoms. The van der Waals surface area contributed by atoms with Crippen molar-refractivity contribution < 1.29 is 22.7 Å². The molecule has 2 aromatic rings. The monoisotopic (exact) mass is 472 g/mol. The van der Waals surface area contributed by atoms with E-state index in [1.165, 1.54) is 29.6 Å². The second-order valence-electron chi connectivity index (χ2n) is 6.66. The average molecular weight is 473 g/mol. The Labute approximate surface area is 186 Å². The Bertz CT molecular complexity index is 1010. The zero-order chi connectivity index (χ0) is 21.7. The largest absolute Gasteiger partial charge is 0.491 e. The standard InChI is InChI=1S/C20H22Cl2N2O5S/c1-28-20(25)15-6-7-19(17(22)14-15)30(26,27)24-10-8-23(9-11-24)12-13-29-18-5-3-2-4-16(18)21/h2-7,14H,8-13H2,1H3. The SMILES string of the molecule is COC(=O)c1ccc(S(=O)(=O)N2CCN(CCOc3ccccc3Cl)CC2)c(Cl)c1. The first-order valence-electron chi connectivity index (χ1n) is 9.30. The lowest BCUT2D eigenvalue weighted by Gasteiger charge is -2.34. The van der Waals surface area contributed by atoms with Crippen molar-refractivity contribution in [1.82, 2.24) is 9.21 Å². The van der Waals surface area contributed by atoms with Crippen molar-refractivity contribution in [1.29, 1.82) is 0 Å². The van der Waals surface area contributed by atoms with Gasteiger partial charge in [0.25, 0.3) is 0 Å². The maximum absolute atomic E-state index is 13.0. The highest BCUT2D eigenvalue weighted by Crippen LogP contribution is 2.27. The zero-order valence-electron chi connectivity index (χ0n) is 16.4. The molecule has 0 bridgehead atoms. The maximum atomic E-state index is 13.0. The van der Waals surface area contributed by atoms with E-state index < -0.39 is 16.0 Å². The summed E-state index contributed by atoms with van der Waals surface area (Å²) < 4.78 is 37.7. The van der Waals surface area contributed by atoms with E-state index in [0.717, 1.165) is 0 Å². The number of halogens is 2. The zero-order valence-corrected chi connectivity index (χ0v) is 18.7. The molecule has 0 saturated carbocycles. The van der Waals surface area contributed by atoms with Crippen molar-refractivity contribution >= 4 is 39.2 Å². The van der Waals surface area contributed by atoms with Crippen LogP contribution in [-0.2, 0) is 14.8 Å². The summed E-state index contributed by atoms with van der Waals surface area (Å²) in [7, 11) is -2.51. The summed E-state index contributed by atoms with van der Waals surface area (Å²) in [5.74, 6) is 0.0545. The van der Waals surface area contributed by atoms with Gasteiger partial charge < -0.3 is 9.47 Å². The van der Waals surface area contributed by atoms with Gasteiger partial charge >= 0.3 is 5.97 Å². The third-order valence-electron chi connectivity index (χ3n) is 4.80. The molecule has 1 heterocycles. The molecule has 0 N–H and O–H groups in total. The highest BCUT2D eigenvalue weighted by atomic mass is 35.5. The quantitative estimate of drug-likeness (QED) is 0.576. The van der Waals surface area contributed by atoms with E-state index in [0.29, 0.717) is 50.1 Å². The number of esters is 1. The predicted molar refractivity (Wildman–Crippen MR) is 115 cm³/mol. The summed E-state index contributed by atoms with van der Waals surface area (Å²) in [6, 6.07) is 11.3. The van der Waals surface area contributed by atoms with E-state index in [1.54, 1.807) is 6.07 Å². The molecule has 7 nitrogen and oxygen atoms in total. The second kappa shape index (κ2) is 9.98. The number of carbonyl (C=O) groups excluding carboxylic acids is 1. The number of ether oxygens (including phenoxy) is 2. The van der Waals surface area contributed by atoms with Crippen LogP contribution in [0.5, 0.6) is 5.75 Å². The summed E-state index contributed by atoms with van der Waals surface area (Å²) >= 11 is 12.2. The molecule has 2 aromatic carbocycles. The predicted octanol–water partition coefficient (Wildman–Crippen LogP) is 3.17. The molecule has 0 radical (unpaired) electrons. The average Bonchev–Trinajstić information content (AvgIpc) is 2.74. The van der Waals surface area contributed by atoms with E-state index in [9.17, 15) is 13.2 Å². The molecule has 0 atom stereocenters. The smallest absolute Gasteiger partial charge is 0.337 e. The first-order valence-corrected chi connectivity index (χ1v) is 11.5. The van der Waals surface area contributed by atoms with Crippen molar-refractivity contribution in [2.75, 3.05) is 46.4 Å². The molecular formula is C20H22Cl2N2O5S. The van der Waals surface area contributed by atoms with Crippen LogP contribution < -0.4 is 4.74 Å². The molecular weight excluding hydrogens is 451 g/mol. The highest BCUT2D eigenvalue weighted by molar-refractivity contribution is 7.89. The number of benzene rings is 2. The molecule has 10 heteroatoms. The van der Waals surface area contributed by atoms with Gasteiger partial charge in [0.2, 0.25) is 10.0 Å². The molecule has 1 fully saturated rings. The Kier molecular flexibility index (Phi) is 7.60. The first-order chi connectivity index (χ1) is 14.3. The molecule has 0 aromatic heterocycles. The molecule has 0 amide bonds. The van der Waals surface area contributed by atoms with Gasteiger partial charge in [0.1, 0.15) is 17.3 Å². The van der Waals surface area contributed by atoms with Gasteiger partial charge in [-0.1, -0.05) is 35.3 Å². The van der Waals surface area contributed by atoms with Crippen molar-refractivity contribution in [3.63, 3.8) is 0 Å². The Morgan fingerprint density at radius 3 is 2.37 bits per heavy atom. The number of para-hydroxylation sites is 1. The molecule has 1 saturated heterocycles. The fraction of sp³-hybridized carbons (Fsp3) is 0.350. The van der Waals surface area contributed by atoms with E-state index in [2.05, 4.69) is 9.64 Å². The summed E-state index contributed by atoms with van der Waals surface area (Å²) in [6.07, 6.45) is 0. The third-order valence-corrected chi connectivity index (χ3v) is 7.50. The van der Waals surface area contributed by atoms with Crippen LogP contribution >= 0.6 is 23.2 Å². The number of methoxy groups -OCH3 is 1. The normalized spacial score (nSPS) is 15.7. The molecule has 3 rings (SSSR count). The van der Waals surface area contributed by atoms with Crippen LogP contribution in [0, 0.1) is 0 Å². The van der Waals surface area contributed by atoms with Gasteiger partial charge in [-0.2, -0.15) is 4.31 Å². The summed E-state index contributed by atoms with van der Waals surface area (Å²) in [4.78, 5) is 13.7. The van der Waals surface area contributed by atoms with Crippen LogP contribution in [0.4, 0.5) is 0 Å². The minimum atomic E-state index is -3.76. The lowest BCUT2D eigenvalue weighted by Crippen LogP contribution is -2.49. The fourth-order valence-corrected chi connectivity index (χ4v) is 5.26. The van der Waals surface area contributed by atoms with E-state index in [4.69, 9.17) is 27.9 Å². The fourth-order valence-electron chi connectivity index (χ4n) is 3.13. The minimum Gasteiger partial charge on any atom is -0.491 e. The number of sulfonamides is 1. The highest BCUT2D eigenvalue weighted by Gasteiger charge is 2.30. The third kappa shape index (κ3) is 5.25. The van der Waals surface area contributed by atoms with Gasteiger partial charge in [-0.05, 0) is 30.3 Å². The van der Waals surface area contributed by atoms with Crippen LogP contribution in [0.25, 0.3) is 0 Å². The molecule has 1 aliphatic heterocycles.